The zero-order chi connectivity index (χ0) is 29.1. The van der Waals surface area contributed by atoms with Gasteiger partial charge in [0.15, 0.2) is 0 Å². The molecule has 8 heteroatoms. The van der Waals surface area contributed by atoms with Gasteiger partial charge in [0.1, 0.15) is 12.2 Å². The van der Waals surface area contributed by atoms with Crippen molar-refractivity contribution in [2.45, 2.75) is 135 Å². The first kappa shape index (κ1) is 34.0. The van der Waals surface area contributed by atoms with Gasteiger partial charge in [0.05, 0.1) is 19.3 Å². The Labute approximate surface area is 241 Å². The molecule has 228 valence electrons. The van der Waals surface area contributed by atoms with Gasteiger partial charge in [-0.05, 0) is 71.3 Å². The second-order valence-electron chi connectivity index (χ2n) is 12.1. The molecule has 0 aliphatic heterocycles. The van der Waals surface area contributed by atoms with Gasteiger partial charge in [0.2, 0.25) is 0 Å². The van der Waals surface area contributed by atoms with Gasteiger partial charge in [-0.15, -0.1) is 0 Å². The van der Waals surface area contributed by atoms with Crippen LogP contribution in [0.25, 0.3) is 0 Å². The zero-order valence-electron chi connectivity index (χ0n) is 25.1. The number of unbranched alkanes of at least 4 members (excludes halogenated alkanes) is 1. The molecule has 0 bridgehead atoms. The third-order valence-electron chi connectivity index (χ3n) is 7.15. The number of hydrogen-bond acceptors (Lipinski definition) is 6. The fourth-order valence-electron chi connectivity index (χ4n) is 5.19. The summed E-state index contributed by atoms with van der Waals surface area (Å²) in [4.78, 5) is 22.5. The van der Waals surface area contributed by atoms with Crippen LogP contribution >= 0.6 is 0 Å². The molecular formula is C32H54N2O6. The molecule has 1 atom stereocenters. The summed E-state index contributed by atoms with van der Waals surface area (Å²) < 4.78 is 16.0. The summed E-state index contributed by atoms with van der Waals surface area (Å²) >= 11 is 0. The molecule has 1 unspecified atom stereocenters. The predicted molar refractivity (Wildman–Crippen MR) is 158 cm³/mol. The molecule has 2 fully saturated rings. The highest BCUT2D eigenvalue weighted by atomic mass is 16.6. The van der Waals surface area contributed by atoms with Crippen LogP contribution < -0.4 is 10.6 Å². The van der Waals surface area contributed by atoms with Gasteiger partial charge in [0.25, 0.3) is 0 Å². The first-order chi connectivity index (χ1) is 19.2. The molecule has 0 spiro atoms. The first-order valence-electron chi connectivity index (χ1n) is 15.4. The first-order valence-corrected chi connectivity index (χ1v) is 15.4. The number of alkyl carbamates (subject to hydrolysis) is 1. The third-order valence-corrected chi connectivity index (χ3v) is 7.15. The van der Waals surface area contributed by atoms with Crippen molar-refractivity contribution in [2.75, 3.05) is 19.8 Å². The van der Waals surface area contributed by atoms with Crippen LogP contribution in [0.1, 0.15) is 110 Å². The summed E-state index contributed by atoms with van der Waals surface area (Å²) in [5.74, 6) is -1.04. The van der Waals surface area contributed by atoms with E-state index in [1.165, 1.54) is 64.2 Å². The van der Waals surface area contributed by atoms with Gasteiger partial charge < -0.3 is 30.0 Å². The summed E-state index contributed by atoms with van der Waals surface area (Å²) in [6, 6.07) is 11.4. The number of carboxylic acids is 1. The third kappa shape index (κ3) is 17.5. The highest BCUT2D eigenvalue weighted by Gasteiger charge is 2.20. The van der Waals surface area contributed by atoms with Gasteiger partial charge in [-0.25, -0.2) is 9.59 Å². The number of amides is 1. The Hall–Kier alpha value is -2.16. The molecular weight excluding hydrogens is 508 g/mol. The molecule has 2 saturated carbocycles. The van der Waals surface area contributed by atoms with Crippen molar-refractivity contribution in [2.24, 2.45) is 0 Å². The number of carbonyl (C=O) groups is 2. The monoisotopic (exact) mass is 562 g/mol. The van der Waals surface area contributed by atoms with Crippen LogP contribution in [0.2, 0.25) is 0 Å². The Morgan fingerprint density at radius 2 is 1.50 bits per heavy atom. The van der Waals surface area contributed by atoms with Crippen molar-refractivity contribution in [1.82, 2.24) is 10.6 Å². The van der Waals surface area contributed by atoms with E-state index in [1.54, 1.807) is 20.8 Å². The zero-order valence-corrected chi connectivity index (χ0v) is 25.1. The standard InChI is InChI=1S/C20H31NO6.C12H23N/c1-20(2,3)27-19(24)21-17(14-26-15-18(22)23)11-7-8-12-25-13-16-9-5-4-6-10-16;1-3-7-11(8-4-1)13-12-9-5-2-6-10-12/h4-6,9-10,17H,7-8,11-15H2,1-3H3,(H,21,24)(H,22,23);11-13H,1-10H2. The molecule has 0 heterocycles. The SMILES string of the molecule is C1CCC(NC2CCCCC2)CC1.CC(C)(C)OC(=O)NC(CCCCOCc1ccccc1)COCC(=O)O. The molecule has 1 aromatic carbocycles. The van der Waals surface area contributed by atoms with Crippen molar-refractivity contribution in [3.8, 4) is 0 Å². The second-order valence-corrected chi connectivity index (χ2v) is 12.1. The fourth-order valence-corrected chi connectivity index (χ4v) is 5.19. The number of ether oxygens (including phenoxy) is 3. The molecule has 8 nitrogen and oxygen atoms in total. The van der Waals surface area contributed by atoms with Gasteiger partial charge in [0, 0.05) is 18.7 Å². The molecule has 0 radical (unpaired) electrons. The van der Waals surface area contributed by atoms with Gasteiger partial charge in [-0.3, -0.25) is 0 Å². The van der Waals surface area contributed by atoms with E-state index in [0.29, 0.717) is 19.6 Å². The van der Waals surface area contributed by atoms with Gasteiger partial charge in [-0.2, -0.15) is 0 Å². The highest BCUT2D eigenvalue weighted by Crippen LogP contribution is 2.22. The Kier molecular flexibility index (Phi) is 16.9. The lowest BCUT2D eigenvalue weighted by Gasteiger charge is -2.30. The topological polar surface area (TPSA) is 106 Å². The van der Waals surface area contributed by atoms with Crippen LogP contribution in [-0.4, -0.2) is 60.7 Å². The molecule has 3 rings (SSSR count). The summed E-state index contributed by atoms with van der Waals surface area (Å²) in [7, 11) is 0. The Morgan fingerprint density at radius 3 is 2.05 bits per heavy atom. The number of aliphatic carboxylic acids is 1. The largest absolute Gasteiger partial charge is 0.480 e. The normalized spacial score (nSPS) is 17.4. The average molecular weight is 563 g/mol. The van der Waals surface area contributed by atoms with Crippen molar-refractivity contribution < 1.29 is 28.9 Å². The summed E-state index contributed by atoms with van der Waals surface area (Å²) in [5.41, 5.74) is 0.533. The summed E-state index contributed by atoms with van der Waals surface area (Å²) in [5, 5.41) is 15.3. The summed E-state index contributed by atoms with van der Waals surface area (Å²) in [6.45, 7) is 6.26. The van der Waals surface area contributed by atoms with Crippen molar-refractivity contribution >= 4 is 12.1 Å². The van der Waals surface area contributed by atoms with Crippen LogP contribution in [0, 0.1) is 0 Å². The average Bonchev–Trinajstić information content (AvgIpc) is 2.91. The number of carboxylic acid groups (broad SMARTS) is 1. The lowest BCUT2D eigenvalue weighted by Crippen LogP contribution is -2.41. The maximum Gasteiger partial charge on any atom is 0.407 e. The Morgan fingerprint density at radius 1 is 0.900 bits per heavy atom. The lowest BCUT2D eigenvalue weighted by molar-refractivity contribution is -0.142. The minimum atomic E-state index is -1.04. The molecule has 0 saturated heterocycles. The highest BCUT2D eigenvalue weighted by molar-refractivity contribution is 5.68. The van der Waals surface area contributed by atoms with E-state index in [-0.39, 0.29) is 12.6 Å². The van der Waals surface area contributed by atoms with Crippen molar-refractivity contribution in [3.63, 3.8) is 0 Å². The Bertz CT molecular complexity index is 785. The van der Waals surface area contributed by atoms with Crippen LogP contribution in [-0.2, 0) is 25.6 Å². The predicted octanol–water partition coefficient (Wildman–Crippen LogP) is 6.61. The van der Waals surface area contributed by atoms with Gasteiger partial charge in [-0.1, -0.05) is 68.9 Å². The lowest BCUT2D eigenvalue weighted by atomic mass is 9.91. The van der Waals surface area contributed by atoms with Crippen molar-refractivity contribution in [3.05, 3.63) is 35.9 Å². The van der Waals surface area contributed by atoms with E-state index in [2.05, 4.69) is 10.6 Å². The number of benzene rings is 1. The molecule has 1 aromatic rings. The van der Waals surface area contributed by atoms with E-state index < -0.39 is 24.3 Å². The number of carbonyl (C=O) groups excluding carboxylic acids is 1. The van der Waals surface area contributed by atoms with Crippen LogP contribution in [0.5, 0.6) is 0 Å². The Balaban J connectivity index is 0.000000355. The molecule has 40 heavy (non-hydrogen) atoms. The maximum atomic E-state index is 11.9. The van der Waals surface area contributed by atoms with E-state index in [0.717, 1.165) is 30.5 Å². The van der Waals surface area contributed by atoms with E-state index in [9.17, 15) is 9.59 Å². The maximum absolute atomic E-state index is 11.9. The van der Waals surface area contributed by atoms with Crippen LogP contribution in [0.3, 0.4) is 0 Å². The van der Waals surface area contributed by atoms with E-state index in [4.69, 9.17) is 19.3 Å². The molecule has 2 aliphatic rings. The quantitative estimate of drug-likeness (QED) is 0.219. The van der Waals surface area contributed by atoms with E-state index in [1.807, 2.05) is 30.3 Å². The molecule has 2 aliphatic carbocycles. The number of nitrogens with one attached hydrogen (secondary N) is 2. The van der Waals surface area contributed by atoms with Gasteiger partial charge >= 0.3 is 12.1 Å². The molecule has 3 N–H and O–H groups in total. The van der Waals surface area contributed by atoms with Crippen LogP contribution in [0.15, 0.2) is 30.3 Å². The van der Waals surface area contributed by atoms with E-state index >= 15 is 0 Å². The van der Waals surface area contributed by atoms with Crippen molar-refractivity contribution in [1.29, 1.82) is 0 Å². The minimum absolute atomic E-state index is 0.121. The second kappa shape index (κ2) is 19.8. The smallest absolute Gasteiger partial charge is 0.407 e. The fraction of sp³-hybridized carbons (Fsp3) is 0.750. The molecule has 0 aromatic heterocycles. The molecule has 1 amide bonds. The minimum Gasteiger partial charge on any atom is -0.480 e. The number of hydrogen-bond donors (Lipinski definition) is 3. The van der Waals surface area contributed by atoms with Crippen LogP contribution in [0.4, 0.5) is 4.79 Å². The summed E-state index contributed by atoms with van der Waals surface area (Å²) in [6.07, 6.45) is 16.3. The number of rotatable bonds is 14.